The lowest BCUT2D eigenvalue weighted by Crippen LogP contribution is -2.52. The molecule has 3 aromatic rings. The number of hydrogen-bond acceptors (Lipinski definition) is 5. The predicted octanol–water partition coefficient (Wildman–Crippen LogP) is 5.86. The van der Waals surface area contributed by atoms with Crippen LogP contribution in [-0.2, 0) is 26.4 Å². The van der Waals surface area contributed by atoms with Gasteiger partial charge in [0.05, 0.1) is 13.7 Å². The molecule has 0 spiro atoms. The van der Waals surface area contributed by atoms with E-state index in [1.54, 1.807) is 69.3 Å². The molecule has 1 N–H and O–H groups in total. The first-order valence-electron chi connectivity index (χ1n) is 11.3. The molecule has 4 rings (SSSR count). The van der Waals surface area contributed by atoms with Gasteiger partial charge in [0.15, 0.2) is 0 Å². The van der Waals surface area contributed by atoms with Gasteiger partial charge in [-0.1, -0.05) is 72.3 Å². The maximum Gasteiger partial charge on any atom is 0.411 e. The number of esters is 1. The zero-order chi connectivity index (χ0) is 25.4. The molecule has 1 aliphatic heterocycles. The van der Waals surface area contributed by atoms with Crippen molar-refractivity contribution >= 4 is 23.7 Å². The lowest BCUT2D eigenvalue weighted by molar-refractivity contribution is -0.173. The van der Waals surface area contributed by atoms with Crippen LogP contribution < -0.4 is 0 Å². The van der Waals surface area contributed by atoms with Gasteiger partial charge in [-0.15, -0.1) is 0 Å². The first-order valence-corrected chi connectivity index (χ1v) is 11.7. The Morgan fingerprint density at radius 2 is 1.63 bits per heavy atom. The summed E-state index contributed by atoms with van der Waals surface area (Å²) in [5.41, 5.74) is 0.178. The van der Waals surface area contributed by atoms with Gasteiger partial charge >= 0.3 is 12.1 Å². The first kappa shape index (κ1) is 24.8. The highest BCUT2D eigenvalue weighted by Crippen LogP contribution is 2.48. The fourth-order valence-corrected chi connectivity index (χ4v) is 4.71. The molecule has 3 aromatic carbocycles. The van der Waals surface area contributed by atoms with Crippen LogP contribution in [0.25, 0.3) is 11.1 Å². The van der Waals surface area contributed by atoms with Crippen molar-refractivity contribution in [2.24, 2.45) is 0 Å². The molecule has 0 fully saturated rings. The molecule has 0 aliphatic carbocycles. The van der Waals surface area contributed by atoms with Gasteiger partial charge in [0.2, 0.25) is 5.60 Å². The molecule has 2 atom stereocenters. The summed E-state index contributed by atoms with van der Waals surface area (Å²) in [6, 6.07) is 20.1. The molecule has 1 unspecified atom stereocenters. The zero-order valence-corrected chi connectivity index (χ0v) is 20.9. The highest BCUT2D eigenvalue weighted by molar-refractivity contribution is 6.31. The number of carbonyl (C=O) groups is 2. The van der Waals surface area contributed by atoms with E-state index < -0.39 is 29.3 Å². The number of nitrogens with zero attached hydrogens (tertiary/aromatic N) is 1. The molecule has 7 heteroatoms. The number of ether oxygens (including phenoxy) is 2. The lowest BCUT2D eigenvalue weighted by atomic mass is 9.79. The van der Waals surface area contributed by atoms with Crippen LogP contribution in [-0.4, -0.2) is 34.8 Å². The fourth-order valence-electron chi connectivity index (χ4n) is 4.54. The average molecular weight is 494 g/mol. The normalized spacial score (nSPS) is 16.9. The van der Waals surface area contributed by atoms with Crippen molar-refractivity contribution in [2.45, 2.75) is 44.6 Å². The van der Waals surface area contributed by atoms with Gasteiger partial charge in [-0.3, -0.25) is 4.90 Å². The Morgan fingerprint density at radius 1 is 0.971 bits per heavy atom. The molecule has 182 valence electrons. The van der Waals surface area contributed by atoms with Gasteiger partial charge in [0.1, 0.15) is 11.6 Å². The minimum Gasteiger partial charge on any atom is -0.467 e. The molecule has 0 radical (unpaired) electrons. The minimum absolute atomic E-state index is 0.0915. The van der Waals surface area contributed by atoms with Crippen molar-refractivity contribution in [1.29, 1.82) is 0 Å². The molecule has 0 saturated heterocycles. The standard InChI is InChI=1S/C28H28ClNO5/c1-27(2,3)35-26(32)30-17-18-10-8-9-13-21(18)23-16-20(29)14-15-22(23)24(30)28(33,25(31)34-4)19-11-6-5-7-12-19/h5-16,24,33H,17H2,1-4H3/t24?,28-/m1/s1. The van der Waals surface area contributed by atoms with Crippen LogP contribution >= 0.6 is 11.6 Å². The Hall–Kier alpha value is -3.35. The van der Waals surface area contributed by atoms with Gasteiger partial charge < -0.3 is 14.6 Å². The molecule has 1 amide bonds. The van der Waals surface area contributed by atoms with E-state index in [2.05, 4.69) is 0 Å². The molecular formula is C28H28ClNO5. The van der Waals surface area contributed by atoms with Gasteiger partial charge in [-0.25, -0.2) is 9.59 Å². The molecule has 6 nitrogen and oxygen atoms in total. The van der Waals surface area contributed by atoms with Crippen molar-refractivity contribution in [2.75, 3.05) is 7.11 Å². The van der Waals surface area contributed by atoms with Crippen molar-refractivity contribution in [3.8, 4) is 11.1 Å². The first-order chi connectivity index (χ1) is 16.6. The van der Waals surface area contributed by atoms with E-state index in [4.69, 9.17) is 21.1 Å². The highest BCUT2D eigenvalue weighted by Gasteiger charge is 2.53. The number of rotatable bonds is 3. The zero-order valence-electron chi connectivity index (χ0n) is 20.1. The van der Waals surface area contributed by atoms with Crippen molar-refractivity contribution in [1.82, 2.24) is 4.90 Å². The van der Waals surface area contributed by atoms with Crippen LogP contribution in [0.4, 0.5) is 4.79 Å². The van der Waals surface area contributed by atoms with Crippen molar-refractivity contribution < 1.29 is 24.2 Å². The van der Waals surface area contributed by atoms with Crippen molar-refractivity contribution in [3.63, 3.8) is 0 Å². The maximum atomic E-state index is 13.7. The van der Waals surface area contributed by atoms with Crippen LogP contribution in [0.1, 0.15) is 43.5 Å². The fraction of sp³-hybridized carbons (Fsp3) is 0.286. The summed E-state index contributed by atoms with van der Waals surface area (Å²) < 4.78 is 10.9. The van der Waals surface area contributed by atoms with Crippen LogP contribution in [0.2, 0.25) is 5.02 Å². The smallest absolute Gasteiger partial charge is 0.411 e. The third-order valence-electron chi connectivity index (χ3n) is 6.00. The van der Waals surface area contributed by atoms with E-state index >= 15 is 0 Å². The van der Waals surface area contributed by atoms with E-state index in [0.717, 1.165) is 11.1 Å². The number of carbonyl (C=O) groups excluding carboxylic acids is 2. The number of fused-ring (bicyclic) bond motifs is 3. The third-order valence-corrected chi connectivity index (χ3v) is 6.24. The van der Waals surface area contributed by atoms with E-state index in [0.29, 0.717) is 16.1 Å². The Balaban J connectivity index is 2.06. The van der Waals surface area contributed by atoms with E-state index in [-0.39, 0.29) is 12.1 Å². The van der Waals surface area contributed by atoms with Crippen LogP contribution in [0.3, 0.4) is 0 Å². The summed E-state index contributed by atoms with van der Waals surface area (Å²) in [5.74, 6) is -0.894. The quantitative estimate of drug-likeness (QED) is 0.462. The van der Waals surface area contributed by atoms with E-state index in [9.17, 15) is 14.7 Å². The number of amides is 1. The largest absolute Gasteiger partial charge is 0.467 e. The number of halogens is 1. The summed E-state index contributed by atoms with van der Waals surface area (Å²) in [6.07, 6.45) is -0.668. The third kappa shape index (κ3) is 4.64. The molecule has 0 saturated carbocycles. The second-order valence-electron chi connectivity index (χ2n) is 9.52. The second kappa shape index (κ2) is 9.36. The van der Waals surface area contributed by atoms with E-state index in [1.165, 1.54) is 12.0 Å². The molecular weight excluding hydrogens is 466 g/mol. The van der Waals surface area contributed by atoms with Crippen LogP contribution in [0.5, 0.6) is 0 Å². The number of aliphatic hydroxyl groups is 1. The predicted molar refractivity (Wildman–Crippen MR) is 134 cm³/mol. The maximum absolute atomic E-state index is 13.7. The molecule has 1 heterocycles. The Bertz CT molecular complexity index is 1250. The van der Waals surface area contributed by atoms with Crippen LogP contribution in [0.15, 0.2) is 72.8 Å². The SMILES string of the molecule is COC(=O)[C@@](O)(c1ccccc1)C1c2ccc(Cl)cc2-c2ccccc2CN1C(=O)OC(C)(C)C. The summed E-state index contributed by atoms with van der Waals surface area (Å²) in [5, 5.41) is 12.7. The monoisotopic (exact) mass is 493 g/mol. The van der Waals surface area contributed by atoms with E-state index in [1.807, 2.05) is 24.3 Å². The summed E-state index contributed by atoms with van der Waals surface area (Å²) >= 11 is 6.39. The summed E-state index contributed by atoms with van der Waals surface area (Å²) in [4.78, 5) is 28.4. The van der Waals surface area contributed by atoms with Crippen LogP contribution in [0, 0.1) is 0 Å². The average Bonchev–Trinajstić information content (AvgIpc) is 2.97. The molecule has 1 aliphatic rings. The van der Waals surface area contributed by atoms with Crippen molar-refractivity contribution in [3.05, 3.63) is 94.5 Å². The molecule has 35 heavy (non-hydrogen) atoms. The lowest BCUT2D eigenvalue weighted by Gasteiger charge is -2.41. The minimum atomic E-state index is -2.24. The molecule has 0 aromatic heterocycles. The Morgan fingerprint density at radius 3 is 2.29 bits per heavy atom. The number of hydrogen-bond donors (Lipinski definition) is 1. The van der Waals surface area contributed by atoms with Gasteiger partial charge in [0.25, 0.3) is 0 Å². The molecule has 0 bridgehead atoms. The Labute approximate surface area is 210 Å². The summed E-state index contributed by atoms with van der Waals surface area (Å²) in [7, 11) is 1.21. The highest BCUT2D eigenvalue weighted by atomic mass is 35.5. The summed E-state index contributed by atoms with van der Waals surface area (Å²) in [6.45, 7) is 5.39. The topological polar surface area (TPSA) is 76.1 Å². The van der Waals surface area contributed by atoms with Gasteiger partial charge in [-0.05, 0) is 60.7 Å². The number of benzene rings is 3. The second-order valence-corrected chi connectivity index (χ2v) is 9.96. The number of methoxy groups -OCH3 is 1. The van der Waals surface area contributed by atoms with Gasteiger partial charge in [-0.2, -0.15) is 0 Å². The van der Waals surface area contributed by atoms with Gasteiger partial charge in [0, 0.05) is 5.02 Å². The Kier molecular flexibility index (Phi) is 6.62.